The van der Waals surface area contributed by atoms with Crippen molar-refractivity contribution in [1.29, 1.82) is 0 Å². The molecule has 90 valence electrons. The van der Waals surface area contributed by atoms with Crippen LogP contribution < -0.4 is 0 Å². The van der Waals surface area contributed by atoms with Crippen LogP contribution in [0.5, 0.6) is 0 Å². The van der Waals surface area contributed by atoms with Gasteiger partial charge in [0.1, 0.15) is 5.56 Å². The molecule has 0 N–H and O–H groups in total. The molecule has 18 heavy (non-hydrogen) atoms. The fourth-order valence-electron chi connectivity index (χ4n) is 1.54. The fourth-order valence-corrected chi connectivity index (χ4v) is 2.27. The zero-order valence-corrected chi connectivity index (χ0v) is 11.2. The lowest BCUT2D eigenvalue weighted by molar-refractivity contribution is -0.385. The van der Waals surface area contributed by atoms with Crippen molar-refractivity contribution in [1.82, 2.24) is 4.98 Å². The summed E-state index contributed by atoms with van der Waals surface area (Å²) in [6, 6.07) is 7.63. The van der Waals surface area contributed by atoms with Gasteiger partial charge < -0.3 is 0 Å². The summed E-state index contributed by atoms with van der Waals surface area (Å²) >= 11 is 1.92. The Morgan fingerprint density at radius 2 is 1.89 bits per heavy atom. The topological polar surface area (TPSA) is 73.1 Å². The molecule has 0 radical (unpaired) electrons. The first kappa shape index (κ1) is 12.6. The van der Waals surface area contributed by atoms with E-state index in [1.807, 2.05) is 22.6 Å². The van der Waals surface area contributed by atoms with Crippen LogP contribution in [0, 0.1) is 13.7 Å². The van der Waals surface area contributed by atoms with Crippen LogP contribution in [0.3, 0.4) is 0 Å². The van der Waals surface area contributed by atoms with Crippen LogP contribution in [0.4, 0.5) is 5.69 Å². The summed E-state index contributed by atoms with van der Waals surface area (Å²) in [5, 5.41) is 10.9. The molecule has 5 nitrogen and oxygen atoms in total. The average molecular weight is 354 g/mol. The number of aromatic nitrogens is 1. The number of carbonyl (C=O) groups is 1. The summed E-state index contributed by atoms with van der Waals surface area (Å²) in [6.07, 6.45) is 2.96. The molecule has 0 aliphatic heterocycles. The van der Waals surface area contributed by atoms with Crippen molar-refractivity contribution in [3.05, 3.63) is 67.5 Å². The van der Waals surface area contributed by atoms with Gasteiger partial charge in [0.15, 0.2) is 0 Å². The van der Waals surface area contributed by atoms with Gasteiger partial charge in [-0.3, -0.25) is 19.9 Å². The first-order valence-corrected chi connectivity index (χ1v) is 6.07. The molecule has 0 saturated heterocycles. The van der Waals surface area contributed by atoms with E-state index in [-0.39, 0.29) is 17.0 Å². The van der Waals surface area contributed by atoms with Crippen molar-refractivity contribution in [2.75, 3.05) is 0 Å². The lowest BCUT2D eigenvalue weighted by Crippen LogP contribution is -2.07. The second-order valence-electron chi connectivity index (χ2n) is 3.46. The van der Waals surface area contributed by atoms with Crippen molar-refractivity contribution < 1.29 is 9.72 Å². The third-order valence-electron chi connectivity index (χ3n) is 2.36. The molecular weight excluding hydrogens is 347 g/mol. The highest BCUT2D eigenvalue weighted by molar-refractivity contribution is 14.1. The van der Waals surface area contributed by atoms with E-state index in [1.165, 1.54) is 30.6 Å². The van der Waals surface area contributed by atoms with Crippen LogP contribution in [-0.4, -0.2) is 15.7 Å². The molecule has 0 saturated carbocycles. The Labute approximate surface area is 116 Å². The molecule has 0 amide bonds. The van der Waals surface area contributed by atoms with Crippen molar-refractivity contribution in [2.24, 2.45) is 0 Å². The predicted octanol–water partition coefficient (Wildman–Crippen LogP) is 2.83. The maximum Gasteiger partial charge on any atom is 0.281 e. The number of hydrogen-bond acceptors (Lipinski definition) is 4. The monoisotopic (exact) mass is 354 g/mol. The van der Waals surface area contributed by atoms with E-state index in [2.05, 4.69) is 4.98 Å². The van der Waals surface area contributed by atoms with Gasteiger partial charge in [-0.15, -0.1) is 0 Å². The minimum Gasteiger partial charge on any atom is -0.288 e. The third kappa shape index (κ3) is 2.37. The van der Waals surface area contributed by atoms with E-state index in [4.69, 9.17) is 0 Å². The van der Waals surface area contributed by atoms with Gasteiger partial charge in [-0.2, -0.15) is 0 Å². The highest BCUT2D eigenvalue weighted by atomic mass is 127. The fraction of sp³-hybridized carbons (Fsp3) is 0. The number of rotatable bonds is 3. The molecule has 0 spiro atoms. The van der Waals surface area contributed by atoms with E-state index in [0.717, 1.165) is 0 Å². The van der Waals surface area contributed by atoms with Crippen molar-refractivity contribution in [2.45, 2.75) is 0 Å². The van der Waals surface area contributed by atoms with Crippen LogP contribution in [0.15, 0.2) is 42.7 Å². The molecule has 2 rings (SSSR count). The van der Waals surface area contributed by atoms with E-state index in [0.29, 0.717) is 9.13 Å². The minimum atomic E-state index is -0.545. The zero-order chi connectivity index (χ0) is 13.1. The zero-order valence-electron chi connectivity index (χ0n) is 9.04. The molecule has 1 aromatic carbocycles. The summed E-state index contributed by atoms with van der Waals surface area (Å²) in [7, 11) is 0. The quantitative estimate of drug-likeness (QED) is 0.368. The molecule has 1 aromatic heterocycles. The van der Waals surface area contributed by atoms with Crippen LogP contribution in [0.2, 0.25) is 0 Å². The molecule has 2 aromatic rings. The van der Waals surface area contributed by atoms with Crippen LogP contribution in [0.25, 0.3) is 0 Å². The lowest BCUT2D eigenvalue weighted by Gasteiger charge is -2.04. The van der Waals surface area contributed by atoms with Gasteiger partial charge in [-0.1, -0.05) is 6.07 Å². The summed E-state index contributed by atoms with van der Waals surface area (Å²) in [5.41, 5.74) is 0.329. The smallest absolute Gasteiger partial charge is 0.281 e. The molecule has 0 fully saturated rings. The summed E-state index contributed by atoms with van der Waals surface area (Å²) < 4.78 is 0.559. The highest BCUT2D eigenvalue weighted by Gasteiger charge is 2.23. The summed E-state index contributed by atoms with van der Waals surface area (Å²) in [5.74, 6) is -0.367. The van der Waals surface area contributed by atoms with Gasteiger partial charge >= 0.3 is 0 Å². The Balaban J connectivity index is 2.58. The first-order valence-electron chi connectivity index (χ1n) is 4.99. The van der Waals surface area contributed by atoms with E-state index >= 15 is 0 Å². The maximum atomic E-state index is 12.3. The number of nitrogens with zero attached hydrogens (tertiary/aromatic N) is 2. The van der Waals surface area contributed by atoms with Gasteiger partial charge in [0, 0.05) is 27.6 Å². The Bertz CT molecular complexity index is 614. The number of ketones is 1. The number of hydrogen-bond donors (Lipinski definition) is 0. The molecule has 0 atom stereocenters. The van der Waals surface area contributed by atoms with Crippen molar-refractivity contribution >= 4 is 34.1 Å². The Morgan fingerprint density at radius 1 is 1.22 bits per heavy atom. The largest absolute Gasteiger partial charge is 0.288 e. The first-order chi connectivity index (χ1) is 8.61. The van der Waals surface area contributed by atoms with Gasteiger partial charge in [0.25, 0.3) is 5.69 Å². The third-order valence-corrected chi connectivity index (χ3v) is 3.26. The number of halogens is 1. The van der Waals surface area contributed by atoms with Gasteiger partial charge in [0.05, 0.1) is 4.92 Å². The van der Waals surface area contributed by atoms with E-state index in [1.54, 1.807) is 12.1 Å². The Morgan fingerprint density at radius 3 is 2.50 bits per heavy atom. The van der Waals surface area contributed by atoms with Crippen molar-refractivity contribution in [3.63, 3.8) is 0 Å². The van der Waals surface area contributed by atoms with Crippen molar-refractivity contribution in [3.8, 4) is 0 Å². The molecule has 6 heteroatoms. The standard InChI is InChI=1S/C12H7IN2O3/c13-9-2-1-3-10(15(17)18)11(9)12(16)8-4-6-14-7-5-8/h1-7H. The molecule has 1 heterocycles. The molecule has 0 aliphatic carbocycles. The number of carbonyl (C=O) groups excluding carboxylic acids is 1. The normalized spacial score (nSPS) is 10.1. The highest BCUT2D eigenvalue weighted by Crippen LogP contribution is 2.26. The van der Waals surface area contributed by atoms with Gasteiger partial charge in [-0.25, -0.2) is 0 Å². The number of benzene rings is 1. The van der Waals surface area contributed by atoms with Gasteiger partial charge in [-0.05, 0) is 40.8 Å². The van der Waals surface area contributed by atoms with E-state index in [9.17, 15) is 14.9 Å². The summed E-state index contributed by atoms with van der Waals surface area (Å²) in [4.78, 5) is 26.5. The molecule has 0 aliphatic rings. The number of nitro groups is 1. The molecular formula is C12H7IN2O3. The SMILES string of the molecule is O=C(c1ccncc1)c1c(I)cccc1[N+](=O)[O-]. The second kappa shape index (κ2) is 5.21. The number of nitro benzene ring substituents is 1. The summed E-state index contributed by atoms with van der Waals surface area (Å²) in [6.45, 7) is 0. The molecule has 0 unspecified atom stereocenters. The Kier molecular flexibility index (Phi) is 3.66. The lowest BCUT2D eigenvalue weighted by atomic mass is 10.0. The van der Waals surface area contributed by atoms with Gasteiger partial charge in [0.2, 0.25) is 5.78 Å². The predicted molar refractivity (Wildman–Crippen MR) is 73.5 cm³/mol. The second-order valence-corrected chi connectivity index (χ2v) is 4.62. The van der Waals surface area contributed by atoms with Crippen LogP contribution >= 0.6 is 22.6 Å². The average Bonchev–Trinajstić information content (AvgIpc) is 2.38. The van der Waals surface area contributed by atoms with Crippen LogP contribution in [-0.2, 0) is 0 Å². The number of pyridine rings is 1. The Hall–Kier alpha value is -1.83. The molecule has 0 bridgehead atoms. The van der Waals surface area contributed by atoms with E-state index < -0.39 is 4.92 Å². The van der Waals surface area contributed by atoms with Crippen LogP contribution in [0.1, 0.15) is 15.9 Å². The minimum absolute atomic E-state index is 0.120. The maximum absolute atomic E-state index is 12.3.